The molecule has 0 atom stereocenters. The predicted molar refractivity (Wildman–Crippen MR) is 106 cm³/mol. The van der Waals surface area contributed by atoms with Crippen molar-refractivity contribution in [2.24, 2.45) is 0 Å². The van der Waals surface area contributed by atoms with Gasteiger partial charge in [0.2, 0.25) is 15.9 Å². The molecule has 0 unspecified atom stereocenters. The number of anilines is 1. The van der Waals surface area contributed by atoms with Gasteiger partial charge in [0.25, 0.3) is 0 Å². The highest BCUT2D eigenvalue weighted by Gasteiger charge is 2.17. The van der Waals surface area contributed by atoms with Gasteiger partial charge in [-0.1, -0.05) is 6.07 Å². The summed E-state index contributed by atoms with van der Waals surface area (Å²) in [6.07, 6.45) is 2.79. The molecule has 9 heteroatoms. The third-order valence-electron chi connectivity index (χ3n) is 3.84. The Kier molecular flexibility index (Phi) is 7.02. The van der Waals surface area contributed by atoms with E-state index in [9.17, 15) is 13.2 Å². The minimum absolute atomic E-state index is 0.0168. The number of methoxy groups -OCH3 is 3. The number of hydrogen-bond donors (Lipinski definition) is 2. The second kappa shape index (κ2) is 9.25. The van der Waals surface area contributed by atoms with Crippen LogP contribution in [0, 0.1) is 0 Å². The molecule has 0 radical (unpaired) electrons. The SMILES string of the molecule is CNS(=O)(=O)c1cc(/C=C/C(=O)Nc2ccc(OC)cc2OC)ccc1OC. The molecule has 0 aliphatic heterocycles. The first-order chi connectivity index (χ1) is 13.3. The summed E-state index contributed by atoms with van der Waals surface area (Å²) in [5.41, 5.74) is 0.998. The maximum Gasteiger partial charge on any atom is 0.248 e. The zero-order valence-corrected chi connectivity index (χ0v) is 16.8. The van der Waals surface area contributed by atoms with Gasteiger partial charge in [-0.05, 0) is 43.0 Å². The van der Waals surface area contributed by atoms with Gasteiger partial charge in [0.05, 0.1) is 27.0 Å². The molecule has 150 valence electrons. The van der Waals surface area contributed by atoms with Crippen molar-refractivity contribution in [1.82, 2.24) is 4.72 Å². The van der Waals surface area contributed by atoms with Crippen molar-refractivity contribution >= 4 is 27.7 Å². The Morgan fingerprint density at radius 3 is 2.29 bits per heavy atom. The molecule has 0 fully saturated rings. The number of rotatable bonds is 8. The number of ether oxygens (including phenoxy) is 3. The molecule has 0 spiro atoms. The largest absolute Gasteiger partial charge is 0.497 e. The summed E-state index contributed by atoms with van der Waals surface area (Å²) in [6.45, 7) is 0. The summed E-state index contributed by atoms with van der Waals surface area (Å²) >= 11 is 0. The van der Waals surface area contributed by atoms with E-state index in [1.807, 2.05) is 0 Å². The maximum absolute atomic E-state index is 12.2. The minimum atomic E-state index is -3.70. The van der Waals surface area contributed by atoms with Gasteiger partial charge in [-0.2, -0.15) is 0 Å². The second-order valence-corrected chi connectivity index (χ2v) is 7.36. The van der Waals surface area contributed by atoms with Crippen LogP contribution in [0.1, 0.15) is 5.56 Å². The Bertz CT molecular complexity index is 986. The molecule has 0 saturated carbocycles. The molecule has 2 N–H and O–H groups in total. The molecule has 0 aliphatic carbocycles. The molecule has 1 amide bonds. The van der Waals surface area contributed by atoms with Gasteiger partial charge in [-0.15, -0.1) is 0 Å². The second-order valence-electron chi connectivity index (χ2n) is 5.51. The van der Waals surface area contributed by atoms with Gasteiger partial charge in [-0.25, -0.2) is 13.1 Å². The average molecular weight is 406 g/mol. The molecule has 2 aromatic carbocycles. The highest BCUT2D eigenvalue weighted by Crippen LogP contribution is 2.29. The average Bonchev–Trinajstić information content (AvgIpc) is 2.72. The number of sulfonamides is 1. The fourth-order valence-electron chi connectivity index (χ4n) is 2.37. The first-order valence-electron chi connectivity index (χ1n) is 8.17. The normalized spacial score (nSPS) is 11.3. The van der Waals surface area contributed by atoms with Crippen molar-refractivity contribution in [3.05, 3.63) is 48.0 Å². The highest BCUT2D eigenvalue weighted by molar-refractivity contribution is 7.89. The molecule has 28 heavy (non-hydrogen) atoms. The molecular formula is C19H22N2O6S. The number of carbonyl (C=O) groups excluding carboxylic acids is 1. The molecule has 0 aromatic heterocycles. The van der Waals surface area contributed by atoms with E-state index in [0.29, 0.717) is 22.7 Å². The van der Waals surface area contributed by atoms with E-state index in [4.69, 9.17) is 14.2 Å². The molecular weight excluding hydrogens is 384 g/mol. The van der Waals surface area contributed by atoms with Crippen molar-refractivity contribution in [1.29, 1.82) is 0 Å². The highest BCUT2D eigenvalue weighted by atomic mass is 32.2. The van der Waals surface area contributed by atoms with Crippen molar-refractivity contribution in [3.8, 4) is 17.2 Å². The lowest BCUT2D eigenvalue weighted by molar-refractivity contribution is -0.111. The number of hydrogen-bond acceptors (Lipinski definition) is 6. The Morgan fingerprint density at radius 1 is 0.964 bits per heavy atom. The van der Waals surface area contributed by atoms with Gasteiger partial charge in [0.15, 0.2) is 0 Å². The summed E-state index contributed by atoms with van der Waals surface area (Å²) in [6, 6.07) is 9.59. The summed E-state index contributed by atoms with van der Waals surface area (Å²) in [5, 5.41) is 2.70. The monoisotopic (exact) mass is 406 g/mol. The van der Waals surface area contributed by atoms with E-state index < -0.39 is 15.9 Å². The molecule has 0 bridgehead atoms. The lowest BCUT2D eigenvalue weighted by Crippen LogP contribution is -2.19. The Labute approximate surface area is 164 Å². The number of carbonyl (C=O) groups is 1. The van der Waals surface area contributed by atoms with Crippen molar-refractivity contribution in [3.63, 3.8) is 0 Å². The topological polar surface area (TPSA) is 103 Å². The minimum Gasteiger partial charge on any atom is -0.497 e. The smallest absolute Gasteiger partial charge is 0.248 e. The lowest BCUT2D eigenvalue weighted by Gasteiger charge is -2.10. The molecule has 0 saturated heterocycles. The van der Waals surface area contributed by atoms with Crippen LogP contribution in [0.2, 0.25) is 0 Å². The van der Waals surface area contributed by atoms with Gasteiger partial charge in [0.1, 0.15) is 22.1 Å². The zero-order valence-electron chi connectivity index (χ0n) is 16.0. The van der Waals surface area contributed by atoms with Crippen molar-refractivity contribution in [2.75, 3.05) is 33.7 Å². The van der Waals surface area contributed by atoms with E-state index in [-0.39, 0.29) is 10.6 Å². The van der Waals surface area contributed by atoms with Gasteiger partial charge in [0, 0.05) is 12.1 Å². The van der Waals surface area contributed by atoms with Crippen LogP contribution in [-0.4, -0.2) is 42.7 Å². The van der Waals surface area contributed by atoms with E-state index in [1.165, 1.54) is 52.7 Å². The first kappa shape index (κ1) is 21.3. The van der Waals surface area contributed by atoms with E-state index in [1.54, 1.807) is 24.3 Å². The molecule has 2 aromatic rings. The lowest BCUT2D eigenvalue weighted by atomic mass is 10.2. The number of nitrogens with one attached hydrogen (secondary N) is 2. The van der Waals surface area contributed by atoms with E-state index >= 15 is 0 Å². The van der Waals surface area contributed by atoms with Crippen LogP contribution in [0.25, 0.3) is 6.08 Å². The van der Waals surface area contributed by atoms with Gasteiger partial charge >= 0.3 is 0 Å². The quantitative estimate of drug-likeness (QED) is 0.652. The van der Waals surface area contributed by atoms with Crippen molar-refractivity contribution < 1.29 is 27.4 Å². The van der Waals surface area contributed by atoms with Crippen LogP contribution >= 0.6 is 0 Å². The fourth-order valence-corrected chi connectivity index (χ4v) is 3.29. The Balaban J connectivity index is 2.22. The molecule has 0 aliphatic rings. The van der Waals surface area contributed by atoms with E-state index in [2.05, 4.69) is 10.0 Å². The fraction of sp³-hybridized carbons (Fsp3) is 0.211. The van der Waals surface area contributed by atoms with Crippen LogP contribution in [0.3, 0.4) is 0 Å². The summed E-state index contributed by atoms with van der Waals surface area (Å²) < 4.78 is 41.9. The summed E-state index contributed by atoms with van der Waals surface area (Å²) in [4.78, 5) is 12.2. The van der Waals surface area contributed by atoms with Crippen LogP contribution < -0.4 is 24.2 Å². The third kappa shape index (κ3) is 5.02. The Morgan fingerprint density at radius 2 is 1.68 bits per heavy atom. The van der Waals surface area contributed by atoms with Crippen LogP contribution in [0.5, 0.6) is 17.2 Å². The maximum atomic E-state index is 12.2. The zero-order chi connectivity index (χ0) is 20.7. The predicted octanol–water partition coefficient (Wildman–Crippen LogP) is 2.27. The standard InChI is InChI=1S/C19H22N2O6S/c1-20-28(23,24)18-11-13(5-9-16(18)26-3)6-10-19(22)21-15-8-7-14(25-2)12-17(15)27-4/h5-12,20H,1-4H3,(H,21,22)/b10-6+. The van der Waals surface area contributed by atoms with Crippen LogP contribution in [-0.2, 0) is 14.8 Å². The Hall–Kier alpha value is -3.04. The van der Waals surface area contributed by atoms with Gasteiger partial charge in [-0.3, -0.25) is 4.79 Å². The summed E-state index contributed by atoms with van der Waals surface area (Å²) in [7, 11) is 2.01. The molecule has 2 rings (SSSR count). The van der Waals surface area contributed by atoms with E-state index in [0.717, 1.165) is 0 Å². The van der Waals surface area contributed by atoms with Gasteiger partial charge < -0.3 is 19.5 Å². The third-order valence-corrected chi connectivity index (χ3v) is 5.28. The summed E-state index contributed by atoms with van der Waals surface area (Å²) in [5.74, 6) is 0.853. The number of benzene rings is 2. The first-order valence-corrected chi connectivity index (χ1v) is 9.65. The molecule has 0 heterocycles. The number of amides is 1. The van der Waals surface area contributed by atoms with Crippen molar-refractivity contribution in [2.45, 2.75) is 4.90 Å². The van der Waals surface area contributed by atoms with Crippen LogP contribution in [0.15, 0.2) is 47.4 Å². The molecule has 8 nitrogen and oxygen atoms in total. The van der Waals surface area contributed by atoms with Crippen LogP contribution in [0.4, 0.5) is 5.69 Å².